The van der Waals surface area contributed by atoms with Gasteiger partial charge >= 0.3 is 0 Å². The smallest absolute Gasteiger partial charge is 0.238 e. The van der Waals surface area contributed by atoms with Gasteiger partial charge in [-0.25, -0.2) is 4.90 Å². The van der Waals surface area contributed by atoms with Gasteiger partial charge in [0.2, 0.25) is 11.8 Å². The molecule has 2 aliphatic carbocycles. The standard InChI is InChI=1S/C19H18BrNO2/c1-3-10(2)15-13-8-9-14(15)17-16(13)18(22)21(19(17)23)12-6-4-11(20)5-7-12/h4-9,13-14,16-17H,3H2,1-2H3/t13-,14+,16+,17-. The van der Waals surface area contributed by atoms with Gasteiger partial charge in [0.15, 0.2) is 0 Å². The predicted molar refractivity (Wildman–Crippen MR) is 92.7 cm³/mol. The molecular formula is C19H18BrNO2. The van der Waals surface area contributed by atoms with E-state index in [1.807, 2.05) is 24.3 Å². The first-order valence-corrected chi connectivity index (χ1v) is 8.85. The second-order valence-electron chi connectivity index (χ2n) is 6.57. The molecule has 1 aliphatic heterocycles. The normalized spacial score (nSPS) is 33.6. The number of hydrogen-bond acceptors (Lipinski definition) is 2. The third-order valence-electron chi connectivity index (χ3n) is 5.52. The van der Waals surface area contributed by atoms with Crippen molar-refractivity contribution in [2.24, 2.45) is 23.7 Å². The fourth-order valence-electron chi connectivity index (χ4n) is 4.38. The minimum Gasteiger partial charge on any atom is -0.274 e. The number of carbonyl (C=O) groups is 2. The third kappa shape index (κ3) is 1.94. The van der Waals surface area contributed by atoms with Gasteiger partial charge in [0.25, 0.3) is 0 Å². The largest absolute Gasteiger partial charge is 0.274 e. The first-order valence-electron chi connectivity index (χ1n) is 8.05. The lowest BCUT2D eigenvalue weighted by atomic mass is 9.85. The maximum absolute atomic E-state index is 13.0. The van der Waals surface area contributed by atoms with Gasteiger partial charge in [0.1, 0.15) is 0 Å². The molecule has 3 nitrogen and oxygen atoms in total. The fraction of sp³-hybridized carbons (Fsp3) is 0.368. The van der Waals surface area contributed by atoms with Crippen LogP contribution >= 0.6 is 15.9 Å². The molecule has 0 unspecified atom stereocenters. The van der Waals surface area contributed by atoms with Crippen molar-refractivity contribution in [3.63, 3.8) is 0 Å². The van der Waals surface area contributed by atoms with Gasteiger partial charge in [-0.1, -0.05) is 46.2 Å². The van der Waals surface area contributed by atoms with E-state index in [1.165, 1.54) is 16.0 Å². The maximum atomic E-state index is 13.0. The number of rotatable bonds is 2. The van der Waals surface area contributed by atoms with Crippen LogP contribution in [0.2, 0.25) is 0 Å². The average molecular weight is 372 g/mol. The van der Waals surface area contributed by atoms with Crippen molar-refractivity contribution in [2.45, 2.75) is 20.3 Å². The van der Waals surface area contributed by atoms with Crippen molar-refractivity contribution >= 4 is 33.4 Å². The number of fused-ring (bicyclic) bond motifs is 5. The number of anilines is 1. The Morgan fingerprint density at radius 3 is 2.04 bits per heavy atom. The van der Waals surface area contributed by atoms with Crippen molar-refractivity contribution in [2.75, 3.05) is 4.90 Å². The minimum absolute atomic E-state index is 0.0411. The van der Waals surface area contributed by atoms with Crippen LogP contribution in [0.3, 0.4) is 0 Å². The van der Waals surface area contributed by atoms with E-state index in [2.05, 4.69) is 41.9 Å². The number of hydrogen-bond donors (Lipinski definition) is 0. The number of allylic oxidation sites excluding steroid dienone is 4. The van der Waals surface area contributed by atoms with Gasteiger partial charge in [-0.05, 0) is 37.6 Å². The lowest BCUT2D eigenvalue weighted by Crippen LogP contribution is -2.33. The number of nitrogens with zero attached hydrogens (tertiary/aromatic N) is 1. The molecule has 1 aromatic rings. The molecular weight excluding hydrogens is 354 g/mol. The number of halogens is 1. The highest BCUT2D eigenvalue weighted by Crippen LogP contribution is 2.57. The Kier molecular flexibility index (Phi) is 3.34. The van der Waals surface area contributed by atoms with E-state index < -0.39 is 0 Å². The first-order chi connectivity index (χ1) is 11.0. The van der Waals surface area contributed by atoms with Crippen molar-refractivity contribution in [1.82, 2.24) is 0 Å². The number of carbonyl (C=O) groups excluding carboxylic acids is 2. The SMILES string of the molecule is CCC(C)=C1[C@H]2C=C[C@@H]1[C@H]1C(=O)N(c3ccc(Br)cc3)C(=O)[C@H]12. The minimum atomic E-state index is -0.211. The number of imide groups is 1. The molecule has 2 amide bonds. The Labute approximate surface area is 144 Å². The van der Waals surface area contributed by atoms with Gasteiger partial charge in [-0.3, -0.25) is 9.59 Å². The van der Waals surface area contributed by atoms with Crippen LogP contribution in [0.1, 0.15) is 20.3 Å². The molecule has 0 spiro atoms. The molecule has 0 N–H and O–H groups in total. The van der Waals surface area contributed by atoms with Crippen LogP contribution in [0.4, 0.5) is 5.69 Å². The average Bonchev–Trinajstić information content (AvgIpc) is 3.18. The predicted octanol–water partition coefficient (Wildman–Crippen LogP) is 4.10. The highest BCUT2D eigenvalue weighted by Gasteiger charge is 2.61. The molecule has 118 valence electrons. The zero-order valence-corrected chi connectivity index (χ0v) is 14.7. The van der Waals surface area contributed by atoms with Gasteiger partial charge in [0.05, 0.1) is 17.5 Å². The van der Waals surface area contributed by atoms with E-state index in [-0.39, 0.29) is 35.5 Å². The Balaban J connectivity index is 1.74. The van der Waals surface area contributed by atoms with E-state index in [1.54, 1.807) is 0 Å². The molecule has 3 aliphatic rings. The summed E-state index contributed by atoms with van der Waals surface area (Å²) < 4.78 is 0.936. The lowest BCUT2D eigenvalue weighted by molar-refractivity contribution is -0.122. The molecule has 0 radical (unpaired) electrons. The van der Waals surface area contributed by atoms with E-state index in [0.717, 1.165) is 10.9 Å². The second-order valence-corrected chi connectivity index (χ2v) is 7.48. The van der Waals surface area contributed by atoms with Crippen molar-refractivity contribution < 1.29 is 9.59 Å². The highest BCUT2D eigenvalue weighted by molar-refractivity contribution is 9.10. The number of benzene rings is 1. The highest BCUT2D eigenvalue weighted by atomic mass is 79.9. The summed E-state index contributed by atoms with van der Waals surface area (Å²) in [5.41, 5.74) is 3.32. The van der Waals surface area contributed by atoms with Gasteiger partial charge in [0, 0.05) is 16.3 Å². The summed E-state index contributed by atoms with van der Waals surface area (Å²) in [4.78, 5) is 27.3. The summed E-state index contributed by atoms with van der Waals surface area (Å²) in [6.45, 7) is 4.26. The first kappa shape index (κ1) is 14.9. The van der Waals surface area contributed by atoms with Crippen LogP contribution in [-0.2, 0) is 9.59 Å². The molecule has 2 fully saturated rings. The summed E-state index contributed by atoms with van der Waals surface area (Å²) in [5, 5.41) is 0. The van der Waals surface area contributed by atoms with Gasteiger partial charge < -0.3 is 0 Å². The van der Waals surface area contributed by atoms with Gasteiger partial charge in [-0.15, -0.1) is 0 Å². The molecule has 4 rings (SSSR count). The topological polar surface area (TPSA) is 37.4 Å². The second kappa shape index (κ2) is 5.17. The van der Waals surface area contributed by atoms with Crippen LogP contribution in [0.15, 0.2) is 52.0 Å². The van der Waals surface area contributed by atoms with E-state index >= 15 is 0 Å². The van der Waals surface area contributed by atoms with Crippen LogP contribution in [0.5, 0.6) is 0 Å². The maximum Gasteiger partial charge on any atom is 0.238 e. The molecule has 4 atom stereocenters. The number of amides is 2. The molecule has 1 saturated carbocycles. The Morgan fingerprint density at radius 1 is 1.04 bits per heavy atom. The fourth-order valence-corrected chi connectivity index (χ4v) is 4.65. The summed E-state index contributed by atoms with van der Waals surface area (Å²) in [6, 6.07) is 7.38. The quantitative estimate of drug-likeness (QED) is 0.579. The third-order valence-corrected chi connectivity index (χ3v) is 6.05. The Bertz CT molecular complexity index is 728. The van der Waals surface area contributed by atoms with E-state index in [9.17, 15) is 9.59 Å². The zero-order chi connectivity index (χ0) is 16.3. The molecule has 1 saturated heterocycles. The van der Waals surface area contributed by atoms with Crippen molar-refractivity contribution in [3.05, 3.63) is 52.0 Å². The van der Waals surface area contributed by atoms with Crippen molar-refractivity contribution in [1.29, 1.82) is 0 Å². The Morgan fingerprint density at radius 2 is 1.57 bits per heavy atom. The summed E-state index contributed by atoms with van der Waals surface area (Å²) >= 11 is 3.39. The Hall–Kier alpha value is -1.68. The van der Waals surface area contributed by atoms with Crippen LogP contribution in [-0.4, -0.2) is 11.8 Å². The summed E-state index contributed by atoms with van der Waals surface area (Å²) in [5.74, 6) is -0.278. The van der Waals surface area contributed by atoms with E-state index in [4.69, 9.17) is 0 Å². The van der Waals surface area contributed by atoms with Gasteiger partial charge in [-0.2, -0.15) is 0 Å². The molecule has 1 heterocycles. The molecule has 4 heteroatoms. The van der Waals surface area contributed by atoms with E-state index in [0.29, 0.717) is 5.69 Å². The van der Waals surface area contributed by atoms with Crippen molar-refractivity contribution in [3.8, 4) is 0 Å². The molecule has 0 aromatic heterocycles. The zero-order valence-electron chi connectivity index (χ0n) is 13.1. The monoisotopic (exact) mass is 371 g/mol. The molecule has 1 aromatic carbocycles. The lowest BCUT2D eigenvalue weighted by Gasteiger charge is -2.19. The summed E-state index contributed by atoms with van der Waals surface area (Å²) in [7, 11) is 0. The van der Waals surface area contributed by atoms with Crippen LogP contribution in [0.25, 0.3) is 0 Å². The molecule has 2 bridgehead atoms. The van der Waals surface area contributed by atoms with Crippen LogP contribution in [0, 0.1) is 23.7 Å². The summed E-state index contributed by atoms with van der Waals surface area (Å²) in [6.07, 6.45) is 5.25. The molecule has 23 heavy (non-hydrogen) atoms. The van der Waals surface area contributed by atoms with Crippen LogP contribution < -0.4 is 4.90 Å².